The third-order valence-corrected chi connectivity index (χ3v) is 6.18. The van der Waals surface area contributed by atoms with Crippen LogP contribution in [0, 0.1) is 5.41 Å². The van der Waals surface area contributed by atoms with E-state index in [-0.39, 0.29) is 18.4 Å². The first-order valence-corrected chi connectivity index (χ1v) is 9.44. The fourth-order valence-electron chi connectivity index (χ4n) is 4.80. The van der Waals surface area contributed by atoms with Crippen LogP contribution in [0.4, 0.5) is 0 Å². The van der Waals surface area contributed by atoms with E-state index >= 15 is 0 Å². The Morgan fingerprint density at radius 2 is 1.96 bits per heavy atom. The van der Waals surface area contributed by atoms with Gasteiger partial charge in [0.15, 0.2) is 0 Å². The summed E-state index contributed by atoms with van der Waals surface area (Å²) in [5.41, 5.74) is 3.01. The van der Waals surface area contributed by atoms with Crippen molar-refractivity contribution in [2.75, 3.05) is 32.8 Å². The van der Waals surface area contributed by atoms with Crippen LogP contribution in [0.15, 0.2) is 18.2 Å². The van der Waals surface area contributed by atoms with Gasteiger partial charge in [0, 0.05) is 31.7 Å². The Bertz CT molecular complexity index is 700. The molecule has 5 nitrogen and oxygen atoms in total. The van der Waals surface area contributed by atoms with Crippen LogP contribution in [-0.2, 0) is 17.6 Å². The van der Waals surface area contributed by atoms with Crippen LogP contribution in [0.1, 0.15) is 47.2 Å². The van der Waals surface area contributed by atoms with Gasteiger partial charge in [0.25, 0.3) is 5.91 Å². The molecule has 0 radical (unpaired) electrons. The number of benzene rings is 1. The van der Waals surface area contributed by atoms with Gasteiger partial charge in [-0.3, -0.25) is 9.59 Å². The summed E-state index contributed by atoms with van der Waals surface area (Å²) in [6.07, 6.45) is 5.90. The molecule has 1 atom stereocenters. The van der Waals surface area contributed by atoms with Gasteiger partial charge in [-0.25, -0.2) is 0 Å². The van der Waals surface area contributed by atoms with E-state index in [4.69, 9.17) is 0 Å². The highest BCUT2D eigenvalue weighted by Crippen LogP contribution is 2.40. The lowest BCUT2D eigenvalue weighted by molar-refractivity contribution is -0.146. The van der Waals surface area contributed by atoms with Crippen molar-refractivity contribution in [2.24, 2.45) is 5.41 Å². The summed E-state index contributed by atoms with van der Waals surface area (Å²) >= 11 is 0. The summed E-state index contributed by atoms with van der Waals surface area (Å²) in [6.45, 7) is 2.29. The molecule has 25 heavy (non-hydrogen) atoms. The molecule has 1 aromatic carbocycles. The summed E-state index contributed by atoms with van der Waals surface area (Å²) in [7, 11) is 0. The van der Waals surface area contributed by atoms with Crippen LogP contribution in [-0.4, -0.2) is 59.5 Å². The summed E-state index contributed by atoms with van der Waals surface area (Å²) in [6, 6.07) is 6.09. The maximum atomic E-state index is 12.9. The number of rotatable bonds is 3. The molecule has 1 aromatic rings. The molecule has 4 rings (SSSR count). The zero-order chi connectivity index (χ0) is 17.4. The molecule has 1 unspecified atom stereocenters. The second-order valence-corrected chi connectivity index (χ2v) is 7.71. The second-order valence-electron chi connectivity index (χ2n) is 7.71. The Morgan fingerprint density at radius 3 is 2.80 bits per heavy atom. The minimum atomic E-state index is -0.431. The standard InChI is InChI=1S/C20H26N2O3/c23-12-11-21-9-2-7-20(19(21)25)8-10-22(14-20)18(24)17-6-5-15-3-1-4-16(15)13-17/h5-6,13,23H,1-4,7-12,14H2. The molecule has 2 amide bonds. The topological polar surface area (TPSA) is 60.9 Å². The van der Waals surface area contributed by atoms with E-state index in [2.05, 4.69) is 12.1 Å². The molecule has 2 fully saturated rings. The van der Waals surface area contributed by atoms with E-state index in [0.29, 0.717) is 19.6 Å². The number of aryl methyl sites for hydroxylation is 2. The number of nitrogens with zero attached hydrogens (tertiary/aromatic N) is 2. The molecule has 134 valence electrons. The van der Waals surface area contributed by atoms with E-state index in [1.807, 2.05) is 11.0 Å². The van der Waals surface area contributed by atoms with Crippen molar-refractivity contribution in [3.8, 4) is 0 Å². The molecule has 3 aliphatic rings. The highest BCUT2D eigenvalue weighted by molar-refractivity contribution is 5.96. The van der Waals surface area contributed by atoms with Gasteiger partial charge >= 0.3 is 0 Å². The van der Waals surface area contributed by atoms with E-state index in [0.717, 1.165) is 44.2 Å². The summed E-state index contributed by atoms with van der Waals surface area (Å²) in [4.78, 5) is 29.5. The predicted molar refractivity (Wildman–Crippen MR) is 94.3 cm³/mol. The van der Waals surface area contributed by atoms with Gasteiger partial charge in [0.2, 0.25) is 5.91 Å². The lowest BCUT2D eigenvalue weighted by Crippen LogP contribution is -2.51. The number of aliphatic hydroxyl groups is 1. The van der Waals surface area contributed by atoms with E-state index < -0.39 is 5.41 Å². The average Bonchev–Trinajstić information content (AvgIpc) is 3.26. The number of β-amino-alcohol motifs (C(OH)–C–C–N with tert-alkyl or cyclic N) is 1. The van der Waals surface area contributed by atoms with Gasteiger partial charge in [-0.15, -0.1) is 0 Å². The van der Waals surface area contributed by atoms with Crippen molar-refractivity contribution in [1.82, 2.24) is 9.80 Å². The number of carbonyl (C=O) groups excluding carboxylic acids is 2. The van der Waals surface area contributed by atoms with Crippen molar-refractivity contribution >= 4 is 11.8 Å². The zero-order valence-corrected chi connectivity index (χ0v) is 14.7. The van der Waals surface area contributed by atoms with Gasteiger partial charge in [-0.1, -0.05) is 6.07 Å². The molecule has 1 N–H and O–H groups in total. The largest absolute Gasteiger partial charge is 0.395 e. The van der Waals surface area contributed by atoms with Crippen molar-refractivity contribution < 1.29 is 14.7 Å². The predicted octanol–water partition coefficient (Wildman–Crippen LogP) is 1.62. The number of carbonyl (C=O) groups is 2. The van der Waals surface area contributed by atoms with Crippen LogP contribution in [0.2, 0.25) is 0 Å². The normalized spacial score (nSPS) is 25.7. The summed E-state index contributed by atoms with van der Waals surface area (Å²) in [5.74, 6) is 0.177. The Morgan fingerprint density at radius 1 is 1.12 bits per heavy atom. The number of likely N-dealkylation sites (tertiary alicyclic amines) is 2. The average molecular weight is 342 g/mol. The zero-order valence-electron chi connectivity index (χ0n) is 14.7. The van der Waals surface area contributed by atoms with Gasteiger partial charge < -0.3 is 14.9 Å². The molecule has 1 spiro atoms. The van der Waals surface area contributed by atoms with Crippen LogP contribution in [0.3, 0.4) is 0 Å². The quantitative estimate of drug-likeness (QED) is 0.908. The number of amides is 2. The van der Waals surface area contributed by atoms with Crippen LogP contribution >= 0.6 is 0 Å². The minimum Gasteiger partial charge on any atom is -0.395 e. The minimum absolute atomic E-state index is 0.000406. The second kappa shape index (κ2) is 6.45. The Kier molecular flexibility index (Phi) is 4.28. The number of hydrogen-bond donors (Lipinski definition) is 1. The molecule has 0 saturated carbocycles. The smallest absolute Gasteiger partial charge is 0.253 e. The molecule has 2 saturated heterocycles. The first-order chi connectivity index (χ1) is 12.1. The third kappa shape index (κ3) is 2.84. The molecular formula is C20H26N2O3. The lowest BCUT2D eigenvalue weighted by atomic mass is 9.78. The SMILES string of the molecule is O=C(c1ccc2c(c1)CCC2)N1CCC2(CCCN(CCO)C2=O)C1. The fraction of sp³-hybridized carbons (Fsp3) is 0.600. The monoisotopic (exact) mass is 342 g/mol. The molecule has 1 aliphatic carbocycles. The molecular weight excluding hydrogens is 316 g/mol. The number of hydrogen-bond acceptors (Lipinski definition) is 3. The van der Waals surface area contributed by atoms with Crippen molar-refractivity contribution in [3.05, 3.63) is 34.9 Å². The van der Waals surface area contributed by atoms with Gasteiger partial charge in [-0.05, 0) is 61.8 Å². The van der Waals surface area contributed by atoms with Gasteiger partial charge in [0.05, 0.1) is 12.0 Å². The maximum Gasteiger partial charge on any atom is 0.253 e. The molecule has 0 aromatic heterocycles. The van der Waals surface area contributed by atoms with E-state index in [9.17, 15) is 14.7 Å². The Balaban J connectivity index is 1.50. The Hall–Kier alpha value is -1.88. The molecule has 5 heteroatoms. The lowest BCUT2D eigenvalue weighted by Gasteiger charge is -2.39. The number of fused-ring (bicyclic) bond motifs is 1. The summed E-state index contributed by atoms with van der Waals surface area (Å²) in [5, 5.41) is 9.17. The first kappa shape index (κ1) is 16.6. The number of aliphatic hydroxyl groups excluding tert-OH is 1. The molecule has 2 aliphatic heterocycles. The third-order valence-electron chi connectivity index (χ3n) is 6.18. The van der Waals surface area contributed by atoms with Gasteiger partial charge in [-0.2, -0.15) is 0 Å². The van der Waals surface area contributed by atoms with Gasteiger partial charge in [0.1, 0.15) is 0 Å². The van der Waals surface area contributed by atoms with Crippen molar-refractivity contribution in [3.63, 3.8) is 0 Å². The maximum absolute atomic E-state index is 12.9. The van der Waals surface area contributed by atoms with Crippen LogP contribution < -0.4 is 0 Å². The highest BCUT2D eigenvalue weighted by atomic mass is 16.3. The van der Waals surface area contributed by atoms with Crippen molar-refractivity contribution in [2.45, 2.75) is 38.5 Å². The molecule has 0 bridgehead atoms. The highest BCUT2D eigenvalue weighted by Gasteiger charge is 2.49. The number of piperidine rings is 1. The fourth-order valence-corrected chi connectivity index (χ4v) is 4.80. The van der Waals surface area contributed by atoms with E-state index in [1.165, 1.54) is 17.5 Å². The summed E-state index contributed by atoms with van der Waals surface area (Å²) < 4.78 is 0. The Labute approximate surface area is 148 Å². The van der Waals surface area contributed by atoms with E-state index in [1.54, 1.807) is 4.90 Å². The van der Waals surface area contributed by atoms with Crippen LogP contribution in [0.25, 0.3) is 0 Å². The molecule has 2 heterocycles. The first-order valence-electron chi connectivity index (χ1n) is 9.44. The van der Waals surface area contributed by atoms with Crippen LogP contribution in [0.5, 0.6) is 0 Å². The van der Waals surface area contributed by atoms with Crippen molar-refractivity contribution in [1.29, 1.82) is 0 Å².